The van der Waals surface area contributed by atoms with Gasteiger partial charge in [0.25, 0.3) is 0 Å². The van der Waals surface area contributed by atoms with Gasteiger partial charge in [0, 0.05) is 12.3 Å². The lowest BCUT2D eigenvalue weighted by Gasteiger charge is -2.04. The molecule has 0 saturated carbocycles. The maximum absolute atomic E-state index is 11.2. The lowest BCUT2D eigenvalue weighted by molar-refractivity contribution is -0.120. The summed E-state index contributed by atoms with van der Waals surface area (Å²) < 4.78 is 5.50. The fourth-order valence-corrected chi connectivity index (χ4v) is 1.54. The number of carbonyl (C=O) groups excluding carboxylic acids is 1. The number of benzene rings is 1. The number of carbonyl (C=O) groups is 1. The molecule has 0 aliphatic carbocycles. The molecule has 0 spiro atoms. The normalized spacial score (nSPS) is 9.37. The average molecular weight is 280 g/mol. The van der Waals surface area contributed by atoms with Crippen LogP contribution >= 0.6 is 11.6 Å². The number of aryl methyl sites for hydroxylation is 1. The number of hydrogen-bond donors (Lipinski definition) is 1. The fourth-order valence-electron chi connectivity index (χ4n) is 1.40. The predicted molar refractivity (Wildman–Crippen MR) is 77.4 cm³/mol. The molecule has 1 N–H and O–H groups in total. The van der Waals surface area contributed by atoms with Gasteiger partial charge in [0.15, 0.2) is 0 Å². The van der Waals surface area contributed by atoms with Gasteiger partial charge in [0.05, 0.1) is 6.54 Å². The summed E-state index contributed by atoms with van der Waals surface area (Å²) in [6.45, 7) is 2.65. The Morgan fingerprint density at radius 1 is 1.37 bits per heavy atom. The second kappa shape index (κ2) is 9.29. The van der Waals surface area contributed by atoms with Crippen molar-refractivity contribution in [2.45, 2.75) is 19.8 Å². The second-order valence-electron chi connectivity index (χ2n) is 3.98. The highest BCUT2D eigenvalue weighted by molar-refractivity contribution is 6.17. The van der Waals surface area contributed by atoms with E-state index >= 15 is 0 Å². The standard InChI is InChI=1S/C15H18ClNO2/c1-13-7-2-3-8-14(13)19-12-5-4-11-17-15(18)9-6-10-16/h2-3,7-8H,6,9-12H2,1H3,(H,17,18). The van der Waals surface area contributed by atoms with Crippen molar-refractivity contribution in [2.75, 3.05) is 19.0 Å². The van der Waals surface area contributed by atoms with Gasteiger partial charge in [0.2, 0.25) is 5.91 Å². The van der Waals surface area contributed by atoms with Crippen molar-refractivity contribution < 1.29 is 9.53 Å². The molecule has 0 atom stereocenters. The van der Waals surface area contributed by atoms with Crippen LogP contribution in [0.2, 0.25) is 0 Å². The largest absolute Gasteiger partial charge is 0.481 e. The van der Waals surface area contributed by atoms with Crippen molar-refractivity contribution in [3.63, 3.8) is 0 Å². The number of rotatable bonds is 6. The van der Waals surface area contributed by atoms with Crippen molar-refractivity contribution in [1.29, 1.82) is 0 Å². The topological polar surface area (TPSA) is 38.3 Å². The van der Waals surface area contributed by atoms with Gasteiger partial charge >= 0.3 is 0 Å². The van der Waals surface area contributed by atoms with Crippen molar-refractivity contribution in [3.05, 3.63) is 29.8 Å². The molecule has 0 radical (unpaired) electrons. The molecule has 1 rings (SSSR count). The lowest BCUT2D eigenvalue weighted by Crippen LogP contribution is -2.23. The van der Waals surface area contributed by atoms with Crippen LogP contribution in [0.4, 0.5) is 0 Å². The van der Waals surface area contributed by atoms with Gasteiger partial charge in [-0.25, -0.2) is 0 Å². The van der Waals surface area contributed by atoms with Crippen LogP contribution in [0.15, 0.2) is 24.3 Å². The van der Waals surface area contributed by atoms with Gasteiger partial charge in [-0.1, -0.05) is 30.0 Å². The van der Waals surface area contributed by atoms with Gasteiger partial charge in [-0.15, -0.1) is 11.6 Å². The van der Waals surface area contributed by atoms with Gasteiger partial charge in [-0.2, -0.15) is 0 Å². The van der Waals surface area contributed by atoms with E-state index in [2.05, 4.69) is 17.2 Å². The monoisotopic (exact) mass is 279 g/mol. The van der Waals surface area contributed by atoms with Crippen LogP contribution in [-0.4, -0.2) is 24.9 Å². The zero-order chi connectivity index (χ0) is 13.9. The van der Waals surface area contributed by atoms with Gasteiger partial charge in [-0.05, 0) is 25.0 Å². The van der Waals surface area contributed by atoms with Crippen LogP contribution in [0.5, 0.6) is 5.75 Å². The minimum atomic E-state index is -0.0187. The van der Waals surface area contributed by atoms with E-state index in [0.29, 0.717) is 31.9 Å². The van der Waals surface area contributed by atoms with Crippen LogP contribution < -0.4 is 10.1 Å². The number of amides is 1. The summed E-state index contributed by atoms with van der Waals surface area (Å²) in [5.74, 6) is 7.02. The Morgan fingerprint density at radius 3 is 2.89 bits per heavy atom. The molecule has 0 bridgehead atoms. The fraction of sp³-hybridized carbons (Fsp3) is 0.400. The summed E-state index contributed by atoms with van der Waals surface area (Å²) in [6, 6.07) is 7.78. The molecule has 3 nitrogen and oxygen atoms in total. The van der Waals surface area contributed by atoms with Crippen LogP contribution in [0.25, 0.3) is 0 Å². The van der Waals surface area contributed by atoms with E-state index < -0.39 is 0 Å². The number of alkyl halides is 1. The highest BCUT2D eigenvalue weighted by Gasteiger charge is 1.97. The van der Waals surface area contributed by atoms with Crippen molar-refractivity contribution in [2.24, 2.45) is 0 Å². The molecule has 0 aliphatic heterocycles. The zero-order valence-corrected chi connectivity index (χ0v) is 11.8. The molecular formula is C15H18ClNO2. The first-order chi connectivity index (χ1) is 9.24. The summed E-state index contributed by atoms with van der Waals surface area (Å²) in [7, 11) is 0. The Balaban J connectivity index is 2.18. The molecule has 0 fully saturated rings. The van der Waals surface area contributed by atoms with Gasteiger partial charge < -0.3 is 10.1 Å². The predicted octanol–water partition coefficient (Wildman–Crippen LogP) is 2.51. The Morgan fingerprint density at radius 2 is 2.16 bits per heavy atom. The van der Waals surface area contributed by atoms with E-state index in [0.717, 1.165) is 11.3 Å². The third kappa shape index (κ3) is 6.73. The van der Waals surface area contributed by atoms with Crippen molar-refractivity contribution in [3.8, 4) is 17.6 Å². The van der Waals surface area contributed by atoms with Gasteiger partial charge in [-0.3, -0.25) is 4.79 Å². The lowest BCUT2D eigenvalue weighted by atomic mass is 10.2. The Labute approximate surface area is 119 Å². The summed E-state index contributed by atoms with van der Waals surface area (Å²) in [4.78, 5) is 11.2. The molecule has 0 unspecified atom stereocenters. The minimum Gasteiger partial charge on any atom is -0.481 e. The molecule has 0 aromatic heterocycles. The molecule has 102 valence electrons. The summed E-state index contributed by atoms with van der Waals surface area (Å²) >= 11 is 5.49. The first-order valence-corrected chi connectivity index (χ1v) is 6.74. The summed E-state index contributed by atoms with van der Waals surface area (Å²) in [5, 5.41) is 2.70. The van der Waals surface area contributed by atoms with E-state index in [1.807, 2.05) is 31.2 Å². The van der Waals surface area contributed by atoms with Crippen molar-refractivity contribution in [1.82, 2.24) is 5.32 Å². The molecule has 0 heterocycles. The Hall–Kier alpha value is -1.66. The highest BCUT2D eigenvalue weighted by atomic mass is 35.5. The smallest absolute Gasteiger partial charge is 0.220 e. The first-order valence-electron chi connectivity index (χ1n) is 6.21. The third-order valence-electron chi connectivity index (χ3n) is 2.43. The molecule has 19 heavy (non-hydrogen) atoms. The maximum Gasteiger partial charge on any atom is 0.220 e. The highest BCUT2D eigenvalue weighted by Crippen LogP contribution is 2.15. The van der Waals surface area contributed by atoms with Crippen LogP contribution in [0, 0.1) is 18.8 Å². The molecule has 1 aromatic carbocycles. The molecule has 0 aliphatic rings. The van der Waals surface area contributed by atoms with Gasteiger partial charge in [0.1, 0.15) is 12.4 Å². The van der Waals surface area contributed by atoms with Crippen LogP contribution in [-0.2, 0) is 4.79 Å². The SMILES string of the molecule is Cc1ccccc1OCC#CCNC(=O)CCCCl. The van der Waals surface area contributed by atoms with Crippen molar-refractivity contribution >= 4 is 17.5 Å². The van der Waals surface area contributed by atoms with E-state index in [1.54, 1.807) is 0 Å². The number of hydrogen-bond acceptors (Lipinski definition) is 2. The van der Waals surface area contributed by atoms with E-state index in [4.69, 9.17) is 16.3 Å². The van der Waals surface area contributed by atoms with E-state index in [9.17, 15) is 4.79 Å². The van der Waals surface area contributed by atoms with E-state index in [-0.39, 0.29) is 5.91 Å². The summed E-state index contributed by atoms with van der Waals surface area (Å²) in [5.41, 5.74) is 1.08. The number of nitrogens with one attached hydrogen (secondary N) is 1. The molecule has 4 heteroatoms. The zero-order valence-electron chi connectivity index (χ0n) is 11.0. The van der Waals surface area contributed by atoms with Crippen LogP contribution in [0.1, 0.15) is 18.4 Å². The van der Waals surface area contributed by atoms with Crippen LogP contribution in [0.3, 0.4) is 0 Å². The average Bonchev–Trinajstić information content (AvgIpc) is 2.42. The molecule has 1 aromatic rings. The summed E-state index contributed by atoms with van der Waals surface area (Å²) in [6.07, 6.45) is 1.14. The third-order valence-corrected chi connectivity index (χ3v) is 2.70. The van der Waals surface area contributed by atoms with E-state index in [1.165, 1.54) is 0 Å². The maximum atomic E-state index is 11.2. The molecule has 0 saturated heterocycles. The number of ether oxygens (including phenoxy) is 1. The number of halogens is 1. The second-order valence-corrected chi connectivity index (χ2v) is 4.35. The first kappa shape index (κ1) is 15.4. The molecular weight excluding hydrogens is 262 g/mol. The Bertz CT molecular complexity index is 463. The number of para-hydroxylation sites is 1. The Kier molecular flexibility index (Phi) is 7.53. The quantitative estimate of drug-likeness (QED) is 0.642. The molecule has 1 amide bonds. The minimum absolute atomic E-state index is 0.0187.